The third kappa shape index (κ3) is 23.0. The first-order chi connectivity index (χ1) is 13.9. The SMILES string of the molecule is CC(=O)NCN(CC(C)O)CC(C)O.CCCC(=O)NCN(CC(C)O)CC(C)O. The molecule has 0 heterocycles. The number of nitrogens with one attached hydrogen (secondary N) is 2. The van der Waals surface area contributed by atoms with Crippen LogP contribution in [0.1, 0.15) is 54.4 Å². The fourth-order valence-electron chi connectivity index (χ4n) is 2.64. The van der Waals surface area contributed by atoms with Crippen molar-refractivity contribution in [1.29, 1.82) is 0 Å². The van der Waals surface area contributed by atoms with Crippen LogP contribution in [0.3, 0.4) is 0 Å². The predicted molar refractivity (Wildman–Crippen MR) is 116 cm³/mol. The largest absolute Gasteiger partial charge is 0.392 e. The van der Waals surface area contributed by atoms with Crippen molar-refractivity contribution in [3.05, 3.63) is 0 Å². The van der Waals surface area contributed by atoms with Gasteiger partial charge in [-0.25, -0.2) is 0 Å². The van der Waals surface area contributed by atoms with Gasteiger partial charge in [0.25, 0.3) is 0 Å². The number of hydrogen-bond donors (Lipinski definition) is 6. The van der Waals surface area contributed by atoms with Gasteiger partial charge in [-0.2, -0.15) is 0 Å². The van der Waals surface area contributed by atoms with Crippen LogP contribution in [-0.4, -0.2) is 106 Å². The van der Waals surface area contributed by atoms with Gasteiger partial charge in [0.2, 0.25) is 11.8 Å². The highest BCUT2D eigenvalue weighted by Gasteiger charge is 2.12. The zero-order chi connectivity index (χ0) is 23.7. The summed E-state index contributed by atoms with van der Waals surface area (Å²) >= 11 is 0. The lowest BCUT2D eigenvalue weighted by molar-refractivity contribution is -0.122. The van der Waals surface area contributed by atoms with Crippen molar-refractivity contribution in [3.8, 4) is 0 Å². The molecule has 0 fully saturated rings. The molecule has 10 heteroatoms. The van der Waals surface area contributed by atoms with Gasteiger partial charge in [0, 0.05) is 39.5 Å². The number of amides is 2. The van der Waals surface area contributed by atoms with E-state index in [-0.39, 0.29) is 11.8 Å². The Morgan fingerprint density at radius 1 is 0.733 bits per heavy atom. The molecule has 4 unspecified atom stereocenters. The van der Waals surface area contributed by atoms with Crippen molar-refractivity contribution in [3.63, 3.8) is 0 Å². The van der Waals surface area contributed by atoms with E-state index in [4.69, 9.17) is 10.2 Å². The van der Waals surface area contributed by atoms with Gasteiger partial charge in [0.05, 0.1) is 37.8 Å². The fraction of sp³-hybridized carbons (Fsp3) is 0.900. The molecule has 0 aliphatic heterocycles. The molecular formula is C20H44N4O6. The third-order valence-corrected chi connectivity index (χ3v) is 3.62. The minimum Gasteiger partial charge on any atom is -0.392 e. The second-order valence-corrected chi connectivity index (χ2v) is 7.87. The monoisotopic (exact) mass is 436 g/mol. The maximum Gasteiger partial charge on any atom is 0.220 e. The van der Waals surface area contributed by atoms with E-state index in [0.717, 1.165) is 6.42 Å². The van der Waals surface area contributed by atoms with Crippen LogP contribution in [0.5, 0.6) is 0 Å². The fourth-order valence-corrected chi connectivity index (χ4v) is 2.64. The molecule has 0 saturated carbocycles. The quantitative estimate of drug-likeness (QED) is 0.192. The van der Waals surface area contributed by atoms with Crippen LogP contribution < -0.4 is 10.6 Å². The molecule has 30 heavy (non-hydrogen) atoms. The lowest BCUT2D eigenvalue weighted by atomic mass is 10.3. The summed E-state index contributed by atoms with van der Waals surface area (Å²) < 4.78 is 0. The Bertz CT molecular complexity index is 427. The van der Waals surface area contributed by atoms with Crippen molar-refractivity contribution < 1.29 is 30.0 Å². The number of carbonyl (C=O) groups is 2. The number of hydrogen-bond acceptors (Lipinski definition) is 8. The molecule has 0 rings (SSSR count). The van der Waals surface area contributed by atoms with Crippen molar-refractivity contribution in [2.45, 2.75) is 78.8 Å². The summed E-state index contributed by atoms with van der Waals surface area (Å²) in [6.07, 6.45) is -0.552. The summed E-state index contributed by atoms with van der Waals surface area (Å²) in [6.45, 7) is 12.6. The van der Waals surface area contributed by atoms with Crippen LogP contribution in [0, 0.1) is 0 Å². The number of carbonyl (C=O) groups excluding carboxylic acids is 2. The minimum atomic E-state index is -0.471. The van der Waals surface area contributed by atoms with E-state index in [2.05, 4.69) is 10.6 Å². The maximum atomic E-state index is 11.3. The summed E-state index contributed by atoms with van der Waals surface area (Å²) in [5, 5.41) is 42.2. The van der Waals surface area contributed by atoms with Gasteiger partial charge in [0.1, 0.15) is 0 Å². The highest BCUT2D eigenvalue weighted by molar-refractivity contribution is 5.75. The highest BCUT2D eigenvalue weighted by atomic mass is 16.3. The van der Waals surface area contributed by atoms with Gasteiger partial charge in [0.15, 0.2) is 0 Å². The molecule has 0 aromatic heterocycles. The van der Waals surface area contributed by atoms with Crippen LogP contribution in [0.4, 0.5) is 0 Å². The van der Waals surface area contributed by atoms with E-state index in [9.17, 15) is 19.8 Å². The molecular weight excluding hydrogens is 392 g/mol. The summed E-state index contributed by atoms with van der Waals surface area (Å²) in [5.74, 6) is -0.116. The van der Waals surface area contributed by atoms with Crippen molar-refractivity contribution in [1.82, 2.24) is 20.4 Å². The Labute approximate surface area is 181 Å². The van der Waals surface area contributed by atoms with Gasteiger partial charge in [-0.05, 0) is 34.1 Å². The van der Waals surface area contributed by atoms with Crippen molar-refractivity contribution in [2.24, 2.45) is 0 Å². The topological polar surface area (TPSA) is 146 Å². The first kappa shape index (κ1) is 30.9. The molecule has 180 valence electrons. The molecule has 0 radical (unpaired) electrons. The standard InChI is InChI=1S/C11H24N2O3.C9H20N2O3/c1-4-5-11(16)12-8-13(6-9(2)14)7-10(3)15;1-7(12)4-11(5-8(2)13)6-10-9(3)14/h9-10,14-15H,4-8H2,1-3H3,(H,12,16);7-8,12-13H,4-6H2,1-3H3,(H,10,14). The van der Waals surface area contributed by atoms with E-state index in [1.807, 2.05) is 11.8 Å². The molecule has 0 saturated heterocycles. The van der Waals surface area contributed by atoms with Crippen LogP contribution >= 0.6 is 0 Å². The van der Waals surface area contributed by atoms with Crippen LogP contribution in [0.25, 0.3) is 0 Å². The van der Waals surface area contributed by atoms with Crippen LogP contribution in [0.15, 0.2) is 0 Å². The average molecular weight is 437 g/mol. The Kier molecular flexibility index (Phi) is 19.0. The van der Waals surface area contributed by atoms with Gasteiger partial charge in [-0.1, -0.05) is 6.92 Å². The first-order valence-electron chi connectivity index (χ1n) is 10.5. The van der Waals surface area contributed by atoms with E-state index in [1.54, 1.807) is 32.6 Å². The third-order valence-electron chi connectivity index (χ3n) is 3.62. The van der Waals surface area contributed by atoms with E-state index < -0.39 is 24.4 Å². The predicted octanol–water partition coefficient (Wildman–Crippen LogP) is -0.933. The summed E-state index contributed by atoms with van der Waals surface area (Å²) in [5.41, 5.74) is 0. The molecule has 0 aliphatic rings. The van der Waals surface area contributed by atoms with Gasteiger partial charge in [-0.15, -0.1) is 0 Å². The van der Waals surface area contributed by atoms with E-state index >= 15 is 0 Å². The lowest BCUT2D eigenvalue weighted by Crippen LogP contribution is -2.43. The minimum absolute atomic E-state index is 0.00341. The summed E-state index contributed by atoms with van der Waals surface area (Å²) in [4.78, 5) is 25.5. The second kappa shape index (κ2) is 18.5. The number of aliphatic hydroxyl groups is 4. The number of aliphatic hydroxyl groups excluding tert-OH is 4. The first-order valence-corrected chi connectivity index (χ1v) is 10.5. The van der Waals surface area contributed by atoms with Crippen LogP contribution in [-0.2, 0) is 9.59 Å². The summed E-state index contributed by atoms with van der Waals surface area (Å²) in [7, 11) is 0. The molecule has 0 spiro atoms. The molecule has 0 aromatic carbocycles. The molecule has 0 bridgehead atoms. The van der Waals surface area contributed by atoms with Gasteiger partial charge < -0.3 is 31.1 Å². The Morgan fingerprint density at radius 3 is 1.33 bits per heavy atom. The van der Waals surface area contributed by atoms with Crippen molar-refractivity contribution >= 4 is 11.8 Å². The summed E-state index contributed by atoms with van der Waals surface area (Å²) in [6, 6.07) is 0. The molecule has 10 nitrogen and oxygen atoms in total. The zero-order valence-electron chi connectivity index (χ0n) is 19.5. The average Bonchev–Trinajstić information content (AvgIpc) is 2.56. The molecule has 0 aliphatic carbocycles. The van der Waals surface area contributed by atoms with Gasteiger partial charge in [-0.3, -0.25) is 19.4 Å². The van der Waals surface area contributed by atoms with Gasteiger partial charge >= 0.3 is 0 Å². The Morgan fingerprint density at radius 2 is 1.07 bits per heavy atom. The number of nitrogens with zero attached hydrogens (tertiary/aromatic N) is 2. The van der Waals surface area contributed by atoms with Crippen LogP contribution in [0.2, 0.25) is 0 Å². The molecule has 2 amide bonds. The Hall–Kier alpha value is -1.30. The highest BCUT2D eigenvalue weighted by Crippen LogP contribution is 1.95. The molecule has 4 atom stereocenters. The lowest BCUT2D eigenvalue weighted by Gasteiger charge is -2.25. The van der Waals surface area contributed by atoms with E-state index in [1.165, 1.54) is 6.92 Å². The maximum absolute atomic E-state index is 11.3. The molecule has 6 N–H and O–H groups in total. The van der Waals surface area contributed by atoms with Crippen molar-refractivity contribution in [2.75, 3.05) is 39.5 Å². The zero-order valence-corrected chi connectivity index (χ0v) is 19.5. The normalized spacial score (nSPS) is 15.1. The second-order valence-electron chi connectivity index (χ2n) is 7.87. The number of rotatable bonds is 14. The smallest absolute Gasteiger partial charge is 0.220 e. The van der Waals surface area contributed by atoms with E-state index in [0.29, 0.717) is 45.9 Å². The molecule has 0 aromatic rings. The Balaban J connectivity index is 0.